The van der Waals surface area contributed by atoms with E-state index in [1.807, 2.05) is 0 Å². The molecule has 2 aromatic carbocycles. The van der Waals surface area contributed by atoms with Crippen molar-refractivity contribution in [1.29, 1.82) is 0 Å². The number of aryl methyl sites for hydroxylation is 2. The quantitative estimate of drug-likeness (QED) is 0.554. The highest BCUT2D eigenvalue weighted by Gasteiger charge is 2.18. The van der Waals surface area contributed by atoms with Gasteiger partial charge in [0.2, 0.25) is 0 Å². The molecular formula is C20H26BO2. The van der Waals surface area contributed by atoms with Crippen molar-refractivity contribution in [3.8, 4) is 0 Å². The van der Waals surface area contributed by atoms with Crippen molar-refractivity contribution < 1.29 is 9.68 Å². The molecule has 1 radical (unpaired) electrons. The number of benzene rings is 2. The normalized spacial score (nSPS) is 11.0. The van der Waals surface area contributed by atoms with E-state index in [1.165, 1.54) is 22.3 Å². The fourth-order valence-electron chi connectivity index (χ4n) is 3.29. The summed E-state index contributed by atoms with van der Waals surface area (Å²) in [7, 11) is 0.787. The summed E-state index contributed by atoms with van der Waals surface area (Å²) in [6, 6.07) is 17.5. The van der Waals surface area contributed by atoms with Crippen LogP contribution in [0.25, 0.3) is 0 Å². The standard InChI is InChI=1S/C20H26BO2/c1-3-16-10-5-7-12-18(16)20(14-9-15-23-21-22)19-13-8-6-11-17(19)4-2/h5-8,10-13,20,22H,3-4,9,14-15H2,1-2H3. The Bertz CT molecular complexity index is 550. The molecule has 0 amide bonds. The van der Waals surface area contributed by atoms with Crippen LogP contribution in [0.3, 0.4) is 0 Å². The van der Waals surface area contributed by atoms with Gasteiger partial charge in [0.1, 0.15) is 0 Å². The van der Waals surface area contributed by atoms with E-state index in [0.29, 0.717) is 12.5 Å². The molecule has 2 rings (SSSR count). The van der Waals surface area contributed by atoms with Crippen LogP contribution in [-0.2, 0) is 17.5 Å². The summed E-state index contributed by atoms with van der Waals surface area (Å²) in [6.45, 7) is 4.98. The summed E-state index contributed by atoms with van der Waals surface area (Å²) in [5.74, 6) is 0.379. The van der Waals surface area contributed by atoms with Crippen LogP contribution in [-0.4, -0.2) is 19.3 Å². The summed E-state index contributed by atoms with van der Waals surface area (Å²) < 4.78 is 5.00. The maximum absolute atomic E-state index is 8.68. The minimum absolute atomic E-state index is 0.379. The minimum atomic E-state index is 0.379. The summed E-state index contributed by atoms with van der Waals surface area (Å²) in [4.78, 5) is 0. The molecule has 0 aromatic heterocycles. The molecule has 121 valence electrons. The van der Waals surface area contributed by atoms with Crippen LogP contribution in [0.15, 0.2) is 48.5 Å². The highest BCUT2D eigenvalue weighted by atomic mass is 16.5. The Labute approximate surface area is 140 Å². The second-order valence-electron chi connectivity index (χ2n) is 5.78. The molecule has 2 aromatic rings. The Morgan fingerprint density at radius 1 is 0.913 bits per heavy atom. The van der Waals surface area contributed by atoms with Crippen molar-refractivity contribution in [1.82, 2.24) is 0 Å². The summed E-state index contributed by atoms with van der Waals surface area (Å²) in [5.41, 5.74) is 5.67. The topological polar surface area (TPSA) is 29.5 Å². The van der Waals surface area contributed by atoms with E-state index in [-0.39, 0.29) is 0 Å². The van der Waals surface area contributed by atoms with Crippen LogP contribution in [0.5, 0.6) is 0 Å². The molecule has 0 saturated heterocycles. The minimum Gasteiger partial charge on any atom is -0.429 e. The molecule has 0 aliphatic heterocycles. The number of rotatable bonds is 9. The SMILES string of the molecule is CCc1ccccc1C(CCCO[B]O)c1ccccc1CC. The fourth-order valence-corrected chi connectivity index (χ4v) is 3.29. The molecule has 2 nitrogen and oxygen atoms in total. The van der Waals surface area contributed by atoms with E-state index in [1.54, 1.807) is 0 Å². The fraction of sp³-hybridized carbons (Fsp3) is 0.400. The third-order valence-corrected chi connectivity index (χ3v) is 4.45. The Kier molecular flexibility index (Phi) is 7.37. The first-order valence-electron chi connectivity index (χ1n) is 8.54. The molecule has 0 unspecified atom stereocenters. The van der Waals surface area contributed by atoms with E-state index >= 15 is 0 Å². The van der Waals surface area contributed by atoms with Crippen molar-refractivity contribution in [2.45, 2.75) is 45.4 Å². The van der Waals surface area contributed by atoms with Gasteiger partial charge in [0.05, 0.1) is 0 Å². The molecular weight excluding hydrogens is 283 g/mol. The highest BCUT2D eigenvalue weighted by Crippen LogP contribution is 2.34. The van der Waals surface area contributed by atoms with Crippen molar-refractivity contribution in [2.24, 2.45) is 0 Å². The van der Waals surface area contributed by atoms with Crippen molar-refractivity contribution >= 4 is 7.69 Å². The smallest absolute Gasteiger partial charge is 0.429 e. The van der Waals surface area contributed by atoms with Crippen LogP contribution >= 0.6 is 0 Å². The van der Waals surface area contributed by atoms with E-state index in [4.69, 9.17) is 9.68 Å². The van der Waals surface area contributed by atoms with Crippen molar-refractivity contribution in [3.63, 3.8) is 0 Å². The van der Waals surface area contributed by atoms with Crippen molar-refractivity contribution in [2.75, 3.05) is 6.61 Å². The summed E-state index contributed by atoms with van der Waals surface area (Å²) in [6.07, 6.45) is 4.02. The lowest BCUT2D eigenvalue weighted by Crippen LogP contribution is -2.09. The average molecular weight is 309 g/mol. The molecule has 0 aliphatic rings. The van der Waals surface area contributed by atoms with Gasteiger partial charge in [-0.1, -0.05) is 62.4 Å². The van der Waals surface area contributed by atoms with Gasteiger partial charge in [0.15, 0.2) is 0 Å². The molecule has 0 fully saturated rings. The largest absolute Gasteiger partial charge is 0.485 e. The lowest BCUT2D eigenvalue weighted by Gasteiger charge is -2.23. The molecule has 0 heterocycles. The van der Waals surface area contributed by atoms with E-state index in [0.717, 1.165) is 33.4 Å². The predicted octanol–water partition coefficient (Wildman–Crippen LogP) is 4.27. The zero-order valence-electron chi connectivity index (χ0n) is 14.2. The van der Waals surface area contributed by atoms with Gasteiger partial charge in [-0.25, -0.2) is 0 Å². The first kappa shape index (κ1) is 17.8. The maximum Gasteiger partial charge on any atom is 0.485 e. The van der Waals surface area contributed by atoms with E-state index < -0.39 is 0 Å². The van der Waals surface area contributed by atoms with Gasteiger partial charge in [-0.15, -0.1) is 0 Å². The lowest BCUT2D eigenvalue weighted by molar-refractivity contribution is 0.274. The average Bonchev–Trinajstić information content (AvgIpc) is 2.62. The Hall–Kier alpha value is -1.58. The third-order valence-electron chi connectivity index (χ3n) is 4.45. The van der Waals surface area contributed by atoms with Gasteiger partial charge in [-0.2, -0.15) is 0 Å². The Morgan fingerprint density at radius 2 is 1.43 bits per heavy atom. The second kappa shape index (κ2) is 9.54. The second-order valence-corrected chi connectivity index (χ2v) is 5.78. The summed E-state index contributed by atoms with van der Waals surface area (Å²) >= 11 is 0. The highest BCUT2D eigenvalue weighted by molar-refractivity contribution is 6.15. The van der Waals surface area contributed by atoms with Gasteiger partial charge >= 0.3 is 7.69 Å². The van der Waals surface area contributed by atoms with Gasteiger partial charge in [-0.05, 0) is 47.9 Å². The molecule has 3 heteroatoms. The molecule has 1 N–H and O–H groups in total. The first-order valence-corrected chi connectivity index (χ1v) is 8.54. The van der Waals surface area contributed by atoms with Gasteiger partial charge in [0, 0.05) is 12.5 Å². The maximum atomic E-state index is 8.68. The first-order chi connectivity index (χ1) is 11.3. The Morgan fingerprint density at radius 3 is 1.91 bits per heavy atom. The number of hydrogen-bond acceptors (Lipinski definition) is 2. The van der Waals surface area contributed by atoms with Gasteiger partial charge in [-0.3, -0.25) is 0 Å². The monoisotopic (exact) mass is 309 g/mol. The molecule has 0 bridgehead atoms. The zero-order chi connectivity index (χ0) is 16.5. The molecule has 0 spiro atoms. The van der Waals surface area contributed by atoms with E-state index in [2.05, 4.69) is 62.4 Å². The zero-order valence-corrected chi connectivity index (χ0v) is 14.2. The molecule has 23 heavy (non-hydrogen) atoms. The molecule has 0 atom stereocenters. The van der Waals surface area contributed by atoms with Gasteiger partial charge in [0.25, 0.3) is 0 Å². The van der Waals surface area contributed by atoms with Crippen LogP contribution in [0.2, 0.25) is 0 Å². The van der Waals surface area contributed by atoms with E-state index in [9.17, 15) is 0 Å². The Balaban J connectivity index is 2.35. The molecule has 0 saturated carbocycles. The summed E-state index contributed by atoms with van der Waals surface area (Å²) in [5, 5.41) is 8.68. The van der Waals surface area contributed by atoms with Gasteiger partial charge < -0.3 is 9.68 Å². The van der Waals surface area contributed by atoms with Crippen LogP contribution in [0.4, 0.5) is 0 Å². The third kappa shape index (κ3) is 4.70. The van der Waals surface area contributed by atoms with Crippen molar-refractivity contribution in [3.05, 3.63) is 70.8 Å². The predicted molar refractivity (Wildman–Crippen MR) is 96.6 cm³/mol. The van der Waals surface area contributed by atoms with Crippen LogP contribution in [0.1, 0.15) is 54.9 Å². The number of hydrogen-bond donors (Lipinski definition) is 1. The lowest BCUT2D eigenvalue weighted by atomic mass is 9.82. The molecule has 0 aliphatic carbocycles. The van der Waals surface area contributed by atoms with Crippen LogP contribution in [0, 0.1) is 0 Å². The van der Waals surface area contributed by atoms with Crippen LogP contribution < -0.4 is 0 Å².